The van der Waals surface area contributed by atoms with Gasteiger partial charge in [0.1, 0.15) is 5.69 Å². The Morgan fingerprint density at radius 2 is 2.33 bits per heavy atom. The van der Waals surface area contributed by atoms with Crippen LogP contribution in [0.25, 0.3) is 0 Å². The molecule has 0 radical (unpaired) electrons. The maximum Gasteiger partial charge on any atom is 0.274 e. The number of likely N-dealkylation sites (tertiary alicyclic amines) is 1. The number of carbonyl (C=O) groups excluding carboxylic acids is 1. The number of carbonyl (C=O) groups is 1. The molecule has 0 spiro atoms. The molecule has 3 heterocycles. The molecule has 1 aliphatic heterocycles. The molecule has 0 unspecified atom stereocenters. The molecule has 6 heteroatoms. The van der Waals surface area contributed by atoms with E-state index in [9.17, 15) is 4.79 Å². The van der Waals surface area contributed by atoms with Crippen LogP contribution >= 0.6 is 0 Å². The fraction of sp³-hybridized carbons (Fsp3) is 0.533. The molecular formula is C15H21N5O. The van der Waals surface area contributed by atoms with Gasteiger partial charge >= 0.3 is 0 Å². The van der Waals surface area contributed by atoms with Crippen molar-refractivity contribution in [2.75, 3.05) is 6.54 Å². The van der Waals surface area contributed by atoms with Crippen LogP contribution < -0.4 is 0 Å². The second-order valence-electron chi connectivity index (χ2n) is 5.49. The van der Waals surface area contributed by atoms with E-state index in [1.165, 1.54) is 0 Å². The lowest BCUT2D eigenvalue weighted by Gasteiger charge is -2.34. The fourth-order valence-electron chi connectivity index (χ4n) is 2.93. The van der Waals surface area contributed by atoms with Gasteiger partial charge in [-0.15, -0.1) is 0 Å². The summed E-state index contributed by atoms with van der Waals surface area (Å²) in [5.74, 6) is 0.0177. The Morgan fingerprint density at radius 1 is 1.43 bits per heavy atom. The van der Waals surface area contributed by atoms with Crippen molar-refractivity contribution in [1.29, 1.82) is 0 Å². The van der Waals surface area contributed by atoms with E-state index >= 15 is 0 Å². The van der Waals surface area contributed by atoms with Gasteiger partial charge < -0.3 is 4.90 Å². The monoisotopic (exact) mass is 287 g/mol. The van der Waals surface area contributed by atoms with Crippen LogP contribution in [0.15, 0.2) is 24.5 Å². The van der Waals surface area contributed by atoms with Crippen molar-refractivity contribution in [2.24, 2.45) is 0 Å². The van der Waals surface area contributed by atoms with Crippen LogP contribution in [0.2, 0.25) is 0 Å². The van der Waals surface area contributed by atoms with Crippen molar-refractivity contribution in [3.63, 3.8) is 0 Å². The van der Waals surface area contributed by atoms with Gasteiger partial charge in [0, 0.05) is 25.5 Å². The number of H-pyrrole nitrogens is 1. The molecule has 112 valence electrons. The summed E-state index contributed by atoms with van der Waals surface area (Å²) in [5, 5.41) is 11.4. The Bertz CT molecular complexity index is 589. The summed E-state index contributed by atoms with van der Waals surface area (Å²) in [6.07, 6.45) is 7.79. The van der Waals surface area contributed by atoms with Crippen molar-refractivity contribution in [3.8, 4) is 0 Å². The first-order valence-corrected chi connectivity index (χ1v) is 7.63. The highest BCUT2D eigenvalue weighted by Gasteiger charge is 2.30. The number of aromatic nitrogens is 4. The third-order valence-corrected chi connectivity index (χ3v) is 3.96. The molecule has 0 aliphatic carbocycles. The van der Waals surface area contributed by atoms with Gasteiger partial charge in [-0.2, -0.15) is 10.2 Å². The van der Waals surface area contributed by atoms with Crippen molar-refractivity contribution < 1.29 is 4.79 Å². The predicted molar refractivity (Wildman–Crippen MR) is 78.7 cm³/mol. The zero-order chi connectivity index (χ0) is 14.7. The molecule has 1 saturated heterocycles. The largest absolute Gasteiger partial charge is 0.329 e. The van der Waals surface area contributed by atoms with E-state index < -0.39 is 0 Å². The molecule has 1 N–H and O–H groups in total. The quantitative estimate of drug-likeness (QED) is 0.939. The summed E-state index contributed by atoms with van der Waals surface area (Å²) in [6, 6.07) is 3.85. The van der Waals surface area contributed by atoms with E-state index in [1.54, 1.807) is 6.20 Å². The zero-order valence-corrected chi connectivity index (χ0v) is 12.3. The first-order chi connectivity index (χ1) is 10.3. The first kappa shape index (κ1) is 13.9. The summed E-state index contributed by atoms with van der Waals surface area (Å²) < 4.78 is 1.84. The summed E-state index contributed by atoms with van der Waals surface area (Å²) in [7, 11) is 0. The molecule has 21 heavy (non-hydrogen) atoms. The molecule has 1 atom stereocenters. The first-order valence-electron chi connectivity index (χ1n) is 7.63. The number of amides is 1. The Hall–Kier alpha value is -2.11. The van der Waals surface area contributed by atoms with E-state index in [2.05, 4.69) is 22.2 Å². The highest BCUT2D eigenvalue weighted by Crippen LogP contribution is 2.30. The fourth-order valence-corrected chi connectivity index (χ4v) is 2.93. The lowest BCUT2D eigenvalue weighted by molar-refractivity contribution is 0.0599. The standard InChI is InChI=1S/C15H21N5O/c1-2-9-19-11-7-13(18-19)15(21)20-10-4-3-5-14(20)12-6-8-16-17-12/h6-8,11,14H,2-5,9-10H2,1H3,(H,16,17)/t14-/m1/s1. The lowest BCUT2D eigenvalue weighted by Crippen LogP contribution is -2.39. The van der Waals surface area contributed by atoms with Gasteiger partial charge in [0.15, 0.2) is 0 Å². The summed E-state index contributed by atoms with van der Waals surface area (Å²) >= 11 is 0. The Morgan fingerprint density at radius 3 is 3.10 bits per heavy atom. The van der Waals surface area contributed by atoms with Crippen LogP contribution in [0.3, 0.4) is 0 Å². The molecule has 1 fully saturated rings. The number of rotatable bonds is 4. The van der Waals surface area contributed by atoms with E-state index in [0.717, 1.165) is 44.5 Å². The maximum atomic E-state index is 12.7. The van der Waals surface area contributed by atoms with E-state index in [-0.39, 0.29) is 11.9 Å². The molecule has 2 aromatic heterocycles. The normalized spacial score (nSPS) is 18.9. The molecule has 3 rings (SSSR count). The van der Waals surface area contributed by atoms with E-state index in [0.29, 0.717) is 5.69 Å². The molecule has 0 bridgehead atoms. The van der Waals surface area contributed by atoms with Gasteiger partial charge in [0.05, 0.1) is 11.7 Å². The number of hydrogen-bond acceptors (Lipinski definition) is 3. The van der Waals surface area contributed by atoms with Crippen LogP contribution in [-0.4, -0.2) is 37.3 Å². The summed E-state index contributed by atoms with van der Waals surface area (Å²) in [4.78, 5) is 14.7. The average Bonchev–Trinajstić information content (AvgIpc) is 3.18. The molecular weight excluding hydrogens is 266 g/mol. The van der Waals surface area contributed by atoms with Crippen molar-refractivity contribution >= 4 is 5.91 Å². The summed E-state index contributed by atoms with van der Waals surface area (Å²) in [5.41, 5.74) is 1.55. The molecule has 2 aromatic rings. The van der Waals surface area contributed by atoms with Gasteiger partial charge in [0.25, 0.3) is 5.91 Å². The van der Waals surface area contributed by atoms with Gasteiger partial charge in [-0.05, 0) is 37.8 Å². The van der Waals surface area contributed by atoms with Crippen LogP contribution in [0.4, 0.5) is 0 Å². The molecule has 1 amide bonds. The Balaban J connectivity index is 1.80. The number of aromatic amines is 1. The average molecular weight is 287 g/mol. The highest BCUT2D eigenvalue weighted by atomic mass is 16.2. The molecule has 0 aromatic carbocycles. The minimum absolute atomic E-state index is 0.0177. The van der Waals surface area contributed by atoms with Gasteiger partial charge in [0.2, 0.25) is 0 Å². The molecule has 6 nitrogen and oxygen atoms in total. The third kappa shape index (κ3) is 2.84. The topological polar surface area (TPSA) is 66.8 Å². The maximum absolute atomic E-state index is 12.7. The van der Waals surface area contributed by atoms with Crippen LogP contribution in [0.5, 0.6) is 0 Å². The minimum atomic E-state index is 0.0177. The van der Waals surface area contributed by atoms with Crippen LogP contribution in [-0.2, 0) is 6.54 Å². The lowest BCUT2D eigenvalue weighted by atomic mass is 9.99. The Labute approximate surface area is 124 Å². The SMILES string of the molecule is CCCn1ccc(C(=O)N2CCCC[C@@H]2c2ccn[nH]2)n1. The van der Waals surface area contributed by atoms with Gasteiger partial charge in [-0.1, -0.05) is 6.92 Å². The molecule has 1 aliphatic rings. The van der Waals surface area contributed by atoms with Crippen LogP contribution in [0, 0.1) is 0 Å². The van der Waals surface area contributed by atoms with E-state index in [1.807, 2.05) is 27.9 Å². The number of aryl methyl sites for hydroxylation is 1. The number of hydrogen-bond donors (Lipinski definition) is 1. The van der Waals surface area contributed by atoms with E-state index in [4.69, 9.17) is 0 Å². The third-order valence-electron chi connectivity index (χ3n) is 3.96. The van der Waals surface area contributed by atoms with Gasteiger partial charge in [-0.25, -0.2) is 0 Å². The predicted octanol–water partition coefficient (Wildman–Crippen LogP) is 2.38. The summed E-state index contributed by atoms with van der Waals surface area (Å²) in [6.45, 7) is 3.72. The smallest absolute Gasteiger partial charge is 0.274 e. The number of nitrogens with zero attached hydrogens (tertiary/aromatic N) is 4. The second-order valence-corrected chi connectivity index (χ2v) is 5.49. The number of piperidine rings is 1. The second kappa shape index (κ2) is 6.11. The van der Waals surface area contributed by atoms with Crippen LogP contribution in [0.1, 0.15) is 54.8 Å². The van der Waals surface area contributed by atoms with Crippen molar-refractivity contribution in [3.05, 3.63) is 35.9 Å². The highest BCUT2D eigenvalue weighted by molar-refractivity contribution is 5.92. The minimum Gasteiger partial charge on any atom is -0.329 e. The zero-order valence-electron chi connectivity index (χ0n) is 12.3. The van der Waals surface area contributed by atoms with Crippen molar-refractivity contribution in [2.45, 2.75) is 45.2 Å². The molecule has 0 saturated carbocycles. The number of nitrogens with one attached hydrogen (secondary N) is 1. The van der Waals surface area contributed by atoms with Gasteiger partial charge in [-0.3, -0.25) is 14.6 Å². The Kier molecular flexibility index (Phi) is 4.03. The van der Waals surface area contributed by atoms with Crippen molar-refractivity contribution in [1.82, 2.24) is 24.9 Å².